The Labute approximate surface area is 112 Å². The molecule has 0 aromatic heterocycles. The van der Waals surface area contributed by atoms with Crippen molar-refractivity contribution in [2.45, 2.75) is 63.6 Å². The Kier molecular flexibility index (Phi) is 4.22. The van der Waals surface area contributed by atoms with Gasteiger partial charge in [0.2, 0.25) is 0 Å². The molecule has 0 amide bonds. The van der Waals surface area contributed by atoms with E-state index in [2.05, 4.69) is 22.0 Å². The van der Waals surface area contributed by atoms with Crippen molar-refractivity contribution in [2.24, 2.45) is 0 Å². The van der Waals surface area contributed by atoms with Gasteiger partial charge in [-0.3, -0.25) is 0 Å². The van der Waals surface area contributed by atoms with Crippen LogP contribution in [-0.2, 0) is 0 Å². The zero-order valence-electron chi connectivity index (χ0n) is 11.9. The number of piperidine rings is 2. The lowest BCUT2D eigenvalue weighted by Gasteiger charge is -2.43. The molecule has 2 atom stereocenters. The Balaban J connectivity index is 1.48. The number of hydrogen-bond donors (Lipinski definition) is 1. The maximum Gasteiger partial charge on any atom is 0.0122 e. The van der Waals surface area contributed by atoms with Gasteiger partial charge in [-0.2, -0.15) is 0 Å². The Morgan fingerprint density at radius 2 is 1.56 bits per heavy atom. The monoisotopic (exact) mass is 251 g/mol. The van der Waals surface area contributed by atoms with Gasteiger partial charge in [-0.1, -0.05) is 6.92 Å². The fraction of sp³-hybridized carbons (Fsp3) is 1.00. The lowest BCUT2D eigenvalue weighted by atomic mass is 9.93. The average molecular weight is 251 g/mol. The van der Waals surface area contributed by atoms with Gasteiger partial charge in [0.25, 0.3) is 0 Å². The first-order valence-electron chi connectivity index (χ1n) is 8.08. The lowest BCUT2D eigenvalue weighted by molar-refractivity contribution is 0.0676. The second-order valence-corrected chi connectivity index (χ2v) is 6.38. The van der Waals surface area contributed by atoms with Crippen LogP contribution >= 0.6 is 0 Å². The van der Waals surface area contributed by atoms with Gasteiger partial charge in [-0.05, 0) is 71.2 Å². The third-order valence-corrected chi connectivity index (χ3v) is 5.33. The molecule has 104 valence electrons. The molecule has 3 heteroatoms. The zero-order chi connectivity index (χ0) is 12.4. The summed E-state index contributed by atoms with van der Waals surface area (Å²) in [6.45, 7) is 8.75. The van der Waals surface area contributed by atoms with Crippen molar-refractivity contribution in [3.05, 3.63) is 0 Å². The summed E-state index contributed by atoms with van der Waals surface area (Å²) in [4.78, 5) is 5.53. The molecule has 1 N–H and O–H groups in total. The molecule has 3 heterocycles. The fourth-order valence-electron chi connectivity index (χ4n) is 4.29. The van der Waals surface area contributed by atoms with Gasteiger partial charge in [0, 0.05) is 18.1 Å². The minimum atomic E-state index is 0.790. The highest BCUT2D eigenvalue weighted by Gasteiger charge is 2.35. The van der Waals surface area contributed by atoms with E-state index in [0.717, 1.165) is 24.7 Å². The highest BCUT2D eigenvalue weighted by molar-refractivity contribution is 4.92. The smallest absolute Gasteiger partial charge is 0.0122 e. The molecule has 2 unspecified atom stereocenters. The van der Waals surface area contributed by atoms with Gasteiger partial charge in [-0.25, -0.2) is 0 Å². The van der Waals surface area contributed by atoms with E-state index < -0.39 is 0 Å². The van der Waals surface area contributed by atoms with E-state index in [1.54, 1.807) is 0 Å². The van der Waals surface area contributed by atoms with Gasteiger partial charge in [-0.15, -0.1) is 0 Å². The van der Waals surface area contributed by atoms with Crippen molar-refractivity contribution in [3.63, 3.8) is 0 Å². The molecule has 3 aliphatic heterocycles. The van der Waals surface area contributed by atoms with E-state index in [1.807, 2.05) is 0 Å². The number of rotatable bonds is 3. The quantitative estimate of drug-likeness (QED) is 0.823. The molecule has 3 aliphatic rings. The van der Waals surface area contributed by atoms with E-state index in [-0.39, 0.29) is 0 Å². The Bertz CT molecular complexity index is 260. The van der Waals surface area contributed by atoms with Crippen LogP contribution < -0.4 is 5.32 Å². The summed E-state index contributed by atoms with van der Waals surface area (Å²) >= 11 is 0. The highest BCUT2D eigenvalue weighted by atomic mass is 15.2. The van der Waals surface area contributed by atoms with Crippen molar-refractivity contribution in [1.29, 1.82) is 0 Å². The van der Waals surface area contributed by atoms with Gasteiger partial charge >= 0.3 is 0 Å². The normalized spacial score (nSPS) is 35.8. The summed E-state index contributed by atoms with van der Waals surface area (Å²) in [7, 11) is 0. The molecule has 0 saturated carbocycles. The van der Waals surface area contributed by atoms with Crippen LogP contribution in [0.2, 0.25) is 0 Å². The number of hydrogen-bond acceptors (Lipinski definition) is 3. The summed E-state index contributed by atoms with van der Waals surface area (Å²) in [5.41, 5.74) is 0. The molecule has 0 aromatic rings. The van der Waals surface area contributed by atoms with E-state index in [0.29, 0.717) is 0 Å². The van der Waals surface area contributed by atoms with Crippen LogP contribution in [0.25, 0.3) is 0 Å². The van der Waals surface area contributed by atoms with Crippen LogP contribution in [-0.4, -0.2) is 60.6 Å². The predicted molar refractivity (Wildman–Crippen MR) is 75.9 cm³/mol. The Morgan fingerprint density at radius 1 is 0.889 bits per heavy atom. The molecule has 3 fully saturated rings. The molecule has 0 bridgehead atoms. The molecule has 3 rings (SSSR count). The fourth-order valence-corrected chi connectivity index (χ4v) is 4.29. The summed E-state index contributed by atoms with van der Waals surface area (Å²) in [6.07, 6.45) is 8.50. The first kappa shape index (κ1) is 12.9. The van der Waals surface area contributed by atoms with E-state index in [1.165, 1.54) is 64.7 Å². The van der Waals surface area contributed by atoms with Crippen molar-refractivity contribution in [1.82, 2.24) is 15.1 Å². The molecule has 18 heavy (non-hydrogen) atoms. The van der Waals surface area contributed by atoms with Gasteiger partial charge in [0.05, 0.1) is 0 Å². The Morgan fingerprint density at radius 3 is 2.33 bits per heavy atom. The molecule has 0 spiro atoms. The number of nitrogens with zero attached hydrogens (tertiary/aromatic N) is 2. The SMILES string of the molecule is CCNC1CCN(C2CCN3CCCC3C2)CC1. The van der Waals surface area contributed by atoms with Crippen molar-refractivity contribution in [2.75, 3.05) is 32.7 Å². The number of fused-ring (bicyclic) bond motifs is 1. The molecular weight excluding hydrogens is 222 g/mol. The van der Waals surface area contributed by atoms with Crippen LogP contribution in [0.3, 0.4) is 0 Å². The van der Waals surface area contributed by atoms with Gasteiger partial charge in [0.1, 0.15) is 0 Å². The van der Waals surface area contributed by atoms with Gasteiger partial charge in [0.15, 0.2) is 0 Å². The predicted octanol–water partition coefficient (Wildman–Crippen LogP) is 1.69. The van der Waals surface area contributed by atoms with E-state index in [4.69, 9.17) is 0 Å². The van der Waals surface area contributed by atoms with Crippen LogP contribution in [0.1, 0.15) is 45.4 Å². The minimum Gasteiger partial charge on any atom is -0.314 e. The molecule has 3 saturated heterocycles. The first-order chi connectivity index (χ1) is 8.86. The van der Waals surface area contributed by atoms with Crippen molar-refractivity contribution < 1.29 is 0 Å². The molecule has 0 radical (unpaired) electrons. The van der Waals surface area contributed by atoms with Crippen molar-refractivity contribution in [3.8, 4) is 0 Å². The molecule has 3 nitrogen and oxygen atoms in total. The van der Waals surface area contributed by atoms with E-state index >= 15 is 0 Å². The van der Waals surface area contributed by atoms with E-state index in [9.17, 15) is 0 Å². The maximum atomic E-state index is 3.61. The van der Waals surface area contributed by atoms with Crippen LogP contribution in [0.4, 0.5) is 0 Å². The lowest BCUT2D eigenvalue weighted by Crippen LogP contribution is -2.51. The third kappa shape index (κ3) is 2.73. The molecular formula is C15H29N3. The Hall–Kier alpha value is -0.120. The third-order valence-electron chi connectivity index (χ3n) is 5.33. The molecule has 0 aromatic carbocycles. The summed E-state index contributed by atoms with van der Waals surface area (Å²) in [6, 6.07) is 2.61. The first-order valence-corrected chi connectivity index (χ1v) is 8.08. The number of likely N-dealkylation sites (tertiary alicyclic amines) is 1. The zero-order valence-corrected chi connectivity index (χ0v) is 11.9. The minimum absolute atomic E-state index is 0.790. The van der Waals surface area contributed by atoms with Crippen LogP contribution in [0, 0.1) is 0 Å². The van der Waals surface area contributed by atoms with Crippen LogP contribution in [0.5, 0.6) is 0 Å². The summed E-state index contributed by atoms with van der Waals surface area (Å²) in [5.74, 6) is 0. The average Bonchev–Trinajstić information content (AvgIpc) is 2.87. The largest absolute Gasteiger partial charge is 0.314 e. The van der Waals surface area contributed by atoms with Crippen molar-refractivity contribution >= 4 is 0 Å². The number of nitrogens with one attached hydrogen (secondary N) is 1. The summed E-state index contributed by atoms with van der Waals surface area (Å²) < 4.78 is 0. The maximum absolute atomic E-state index is 3.61. The topological polar surface area (TPSA) is 18.5 Å². The van der Waals surface area contributed by atoms with Crippen LogP contribution in [0.15, 0.2) is 0 Å². The standard InChI is InChI=1S/C15H29N3/c1-2-16-13-5-9-18(10-6-13)15-7-11-17-8-3-4-14(17)12-15/h13-16H,2-12H2,1H3. The summed E-state index contributed by atoms with van der Waals surface area (Å²) in [5, 5.41) is 3.61. The second kappa shape index (κ2) is 5.89. The molecule has 0 aliphatic carbocycles. The second-order valence-electron chi connectivity index (χ2n) is 6.38. The highest BCUT2D eigenvalue weighted by Crippen LogP contribution is 2.30. The van der Waals surface area contributed by atoms with Gasteiger partial charge < -0.3 is 15.1 Å².